The molecule has 0 saturated carbocycles. The third-order valence-corrected chi connectivity index (χ3v) is 6.14. The van der Waals surface area contributed by atoms with Crippen LogP contribution in [0.2, 0.25) is 0 Å². The Morgan fingerprint density at radius 1 is 0.897 bits per heavy atom. The maximum Gasteiger partial charge on any atom is 0.343 e. The summed E-state index contributed by atoms with van der Waals surface area (Å²) in [7, 11) is 3.14. The number of methoxy groups -OCH3 is 2. The largest absolute Gasteiger partial charge is 0.497 e. The number of hydrogen-bond acceptors (Lipinski definition) is 7. The topological polar surface area (TPSA) is 105 Å². The van der Waals surface area contributed by atoms with E-state index in [2.05, 4.69) is 10.4 Å². The van der Waals surface area contributed by atoms with E-state index in [9.17, 15) is 9.59 Å². The van der Waals surface area contributed by atoms with Gasteiger partial charge in [-0.1, -0.05) is 36.4 Å². The predicted molar refractivity (Wildman–Crippen MR) is 148 cm³/mol. The maximum absolute atomic E-state index is 13.9. The summed E-state index contributed by atoms with van der Waals surface area (Å²) in [4.78, 5) is 31.4. The summed E-state index contributed by atoms with van der Waals surface area (Å²) < 4.78 is 17.6. The molecule has 0 atom stereocenters. The first-order valence-corrected chi connectivity index (χ1v) is 12.3. The highest BCUT2D eigenvalue weighted by atomic mass is 16.5. The summed E-state index contributed by atoms with van der Waals surface area (Å²) in [5.41, 5.74) is 3.04. The van der Waals surface area contributed by atoms with Crippen LogP contribution < -0.4 is 14.8 Å². The average Bonchev–Trinajstić information content (AvgIpc) is 3.40. The molecular formula is C30H26N4O5. The fourth-order valence-corrected chi connectivity index (χ4v) is 4.28. The fourth-order valence-electron chi connectivity index (χ4n) is 4.28. The minimum Gasteiger partial charge on any atom is -0.497 e. The number of nitrogens with zero attached hydrogens (tertiary/aromatic N) is 3. The summed E-state index contributed by atoms with van der Waals surface area (Å²) in [5, 5.41) is 7.92. The molecule has 5 rings (SSSR count). The molecule has 9 nitrogen and oxygen atoms in total. The molecule has 39 heavy (non-hydrogen) atoms. The van der Waals surface area contributed by atoms with Gasteiger partial charge >= 0.3 is 5.97 Å². The van der Waals surface area contributed by atoms with Crippen LogP contribution in [-0.2, 0) is 4.74 Å². The minimum atomic E-state index is -0.585. The number of pyridine rings is 1. The van der Waals surface area contributed by atoms with Gasteiger partial charge in [0.2, 0.25) is 0 Å². The molecule has 5 aromatic rings. The third-order valence-electron chi connectivity index (χ3n) is 6.14. The molecule has 0 unspecified atom stereocenters. The Bertz CT molecular complexity index is 1660. The molecule has 0 aliphatic rings. The Morgan fingerprint density at radius 3 is 2.41 bits per heavy atom. The maximum atomic E-state index is 13.9. The number of nitrogens with one attached hydrogen (secondary N) is 1. The van der Waals surface area contributed by atoms with Crippen molar-refractivity contribution in [2.45, 2.75) is 6.92 Å². The van der Waals surface area contributed by atoms with Crippen molar-refractivity contribution < 1.29 is 23.8 Å². The van der Waals surface area contributed by atoms with Crippen LogP contribution in [0.5, 0.6) is 11.5 Å². The second-order valence-corrected chi connectivity index (χ2v) is 8.47. The molecule has 1 N–H and O–H groups in total. The highest BCUT2D eigenvalue weighted by Gasteiger charge is 2.24. The quantitative estimate of drug-likeness (QED) is 0.267. The Labute approximate surface area is 225 Å². The molecule has 0 aliphatic carbocycles. The number of aromatic nitrogens is 3. The molecule has 9 heteroatoms. The number of benzene rings is 3. The molecule has 1 amide bonds. The van der Waals surface area contributed by atoms with E-state index in [1.807, 2.05) is 60.7 Å². The number of para-hydroxylation sites is 2. The molecule has 0 aliphatic heterocycles. The highest BCUT2D eigenvalue weighted by Crippen LogP contribution is 2.34. The van der Waals surface area contributed by atoms with E-state index in [0.29, 0.717) is 44.9 Å². The van der Waals surface area contributed by atoms with Crippen molar-refractivity contribution in [2.75, 3.05) is 26.1 Å². The standard InChI is InChI=1S/C30H26N4O5/c1-4-39-30(36)24-18-31-34(19-10-6-5-7-11-19)28(24)33-29(35)23-17-26(32-25-13-9-8-12-21(23)25)22-15-14-20(37-2)16-27(22)38-3/h5-18H,4H2,1-3H3,(H,33,35). The molecule has 0 radical (unpaired) electrons. The van der Waals surface area contributed by atoms with Crippen LogP contribution in [0.3, 0.4) is 0 Å². The molecule has 0 saturated heterocycles. The van der Waals surface area contributed by atoms with E-state index >= 15 is 0 Å². The monoisotopic (exact) mass is 522 g/mol. The lowest BCUT2D eigenvalue weighted by Crippen LogP contribution is -2.18. The van der Waals surface area contributed by atoms with Gasteiger partial charge < -0.3 is 19.5 Å². The molecular weight excluding hydrogens is 496 g/mol. The molecule has 3 aromatic carbocycles. The summed E-state index contributed by atoms with van der Waals surface area (Å²) >= 11 is 0. The first-order valence-electron chi connectivity index (χ1n) is 12.3. The number of ether oxygens (including phenoxy) is 3. The molecule has 2 heterocycles. The summed E-state index contributed by atoms with van der Waals surface area (Å²) in [5.74, 6) is 0.364. The van der Waals surface area contributed by atoms with Gasteiger partial charge in [-0.3, -0.25) is 4.79 Å². The zero-order valence-corrected chi connectivity index (χ0v) is 21.7. The summed E-state index contributed by atoms with van der Waals surface area (Å²) in [6.07, 6.45) is 1.39. The Morgan fingerprint density at radius 2 is 1.67 bits per heavy atom. The Balaban J connectivity index is 1.63. The van der Waals surface area contributed by atoms with Crippen LogP contribution in [-0.4, -0.2) is 47.5 Å². The van der Waals surface area contributed by atoms with Gasteiger partial charge in [-0.25, -0.2) is 14.5 Å². The van der Waals surface area contributed by atoms with Crippen molar-refractivity contribution in [1.82, 2.24) is 14.8 Å². The lowest BCUT2D eigenvalue weighted by atomic mass is 10.0. The lowest BCUT2D eigenvalue weighted by Gasteiger charge is -2.14. The van der Waals surface area contributed by atoms with Gasteiger partial charge in [-0.05, 0) is 43.3 Å². The predicted octanol–water partition coefficient (Wildman–Crippen LogP) is 5.53. The highest BCUT2D eigenvalue weighted by molar-refractivity contribution is 6.14. The van der Waals surface area contributed by atoms with Crippen LogP contribution in [0.1, 0.15) is 27.6 Å². The number of amides is 1. The second-order valence-electron chi connectivity index (χ2n) is 8.47. The van der Waals surface area contributed by atoms with Crippen molar-refractivity contribution >= 4 is 28.6 Å². The summed E-state index contributed by atoms with van der Waals surface area (Å²) in [6, 6.07) is 23.7. The van der Waals surface area contributed by atoms with Crippen LogP contribution in [0.15, 0.2) is 85.1 Å². The number of carbonyl (C=O) groups is 2. The molecule has 0 fully saturated rings. The van der Waals surface area contributed by atoms with Crippen LogP contribution in [0.25, 0.3) is 27.8 Å². The van der Waals surface area contributed by atoms with Crippen molar-refractivity contribution in [1.29, 1.82) is 0 Å². The minimum absolute atomic E-state index is 0.143. The molecule has 0 spiro atoms. The number of anilines is 1. The van der Waals surface area contributed by atoms with Gasteiger partial charge in [0, 0.05) is 17.0 Å². The fraction of sp³-hybridized carbons (Fsp3) is 0.133. The van der Waals surface area contributed by atoms with Gasteiger partial charge in [0.15, 0.2) is 5.82 Å². The number of fused-ring (bicyclic) bond motifs is 1. The normalized spacial score (nSPS) is 10.7. The van der Waals surface area contributed by atoms with Crippen molar-refractivity contribution in [3.63, 3.8) is 0 Å². The van der Waals surface area contributed by atoms with Gasteiger partial charge in [0.05, 0.1) is 49.5 Å². The summed E-state index contributed by atoms with van der Waals surface area (Å²) in [6.45, 7) is 1.90. The van der Waals surface area contributed by atoms with Crippen LogP contribution >= 0.6 is 0 Å². The van der Waals surface area contributed by atoms with Gasteiger partial charge in [-0.2, -0.15) is 5.10 Å². The van der Waals surface area contributed by atoms with E-state index in [1.54, 1.807) is 39.3 Å². The van der Waals surface area contributed by atoms with E-state index < -0.39 is 11.9 Å². The third kappa shape index (κ3) is 5.02. The first kappa shape index (κ1) is 25.5. The number of esters is 1. The van der Waals surface area contributed by atoms with E-state index in [0.717, 1.165) is 0 Å². The number of hydrogen-bond donors (Lipinski definition) is 1. The number of carbonyl (C=O) groups excluding carboxylic acids is 2. The zero-order valence-electron chi connectivity index (χ0n) is 21.7. The van der Waals surface area contributed by atoms with Crippen LogP contribution in [0.4, 0.5) is 5.82 Å². The number of rotatable bonds is 8. The molecule has 2 aromatic heterocycles. The Kier molecular flexibility index (Phi) is 7.22. The Hall–Kier alpha value is -5.18. The smallest absolute Gasteiger partial charge is 0.343 e. The van der Waals surface area contributed by atoms with Crippen molar-refractivity contribution in [2.24, 2.45) is 0 Å². The lowest BCUT2D eigenvalue weighted by molar-refractivity contribution is 0.0527. The molecule has 196 valence electrons. The second kappa shape index (κ2) is 11.1. The van der Waals surface area contributed by atoms with E-state index in [-0.39, 0.29) is 18.0 Å². The SMILES string of the molecule is CCOC(=O)c1cnn(-c2ccccc2)c1NC(=O)c1cc(-c2ccc(OC)cc2OC)nc2ccccc12. The van der Waals surface area contributed by atoms with Crippen molar-refractivity contribution in [3.05, 3.63) is 96.2 Å². The van der Waals surface area contributed by atoms with Gasteiger partial charge in [0.1, 0.15) is 17.1 Å². The molecule has 0 bridgehead atoms. The first-order chi connectivity index (χ1) is 19.0. The van der Waals surface area contributed by atoms with Gasteiger partial charge in [0.25, 0.3) is 5.91 Å². The zero-order chi connectivity index (χ0) is 27.4. The van der Waals surface area contributed by atoms with E-state index in [1.165, 1.54) is 10.9 Å². The van der Waals surface area contributed by atoms with Gasteiger partial charge in [-0.15, -0.1) is 0 Å². The van der Waals surface area contributed by atoms with Crippen molar-refractivity contribution in [3.8, 4) is 28.4 Å². The average molecular weight is 523 g/mol. The van der Waals surface area contributed by atoms with E-state index in [4.69, 9.17) is 19.2 Å². The van der Waals surface area contributed by atoms with Crippen LogP contribution in [0, 0.1) is 0 Å².